The molecule has 7 heteroatoms. The molecule has 1 amide bonds. The number of amides is 1. The zero-order valence-corrected chi connectivity index (χ0v) is 13.7. The lowest BCUT2D eigenvalue weighted by Crippen LogP contribution is -2.29. The number of halogens is 2. The van der Waals surface area contributed by atoms with E-state index < -0.39 is 17.7 Å². The van der Waals surface area contributed by atoms with Gasteiger partial charge in [0.15, 0.2) is 11.6 Å². The summed E-state index contributed by atoms with van der Waals surface area (Å²) in [6.07, 6.45) is 0.179. The lowest BCUT2D eigenvalue weighted by atomic mass is 10.0. The normalized spacial score (nSPS) is 13.6. The molecule has 2 rings (SSSR count). The predicted octanol–water partition coefficient (Wildman–Crippen LogP) is 3.23. The highest BCUT2D eigenvalue weighted by Gasteiger charge is 2.14. The summed E-state index contributed by atoms with van der Waals surface area (Å²) in [5.41, 5.74) is 0.661. The molecule has 1 heterocycles. The average molecular weight is 340 g/mol. The first-order chi connectivity index (χ1) is 10.9. The minimum Gasteiger partial charge on any atom is -0.393 e. The zero-order chi connectivity index (χ0) is 17.0. The van der Waals surface area contributed by atoms with E-state index in [0.29, 0.717) is 23.5 Å². The minimum atomic E-state index is -0.948. The Balaban J connectivity index is 2.01. The lowest BCUT2D eigenvalue weighted by molar-refractivity contribution is 0.0935. The van der Waals surface area contributed by atoms with Gasteiger partial charge in [-0.05, 0) is 37.5 Å². The Labute approximate surface area is 137 Å². The Bertz CT molecular complexity index is 688. The smallest absolute Gasteiger partial charge is 0.270 e. The Kier molecular flexibility index (Phi) is 5.79. The molecule has 0 aliphatic carbocycles. The number of benzene rings is 1. The van der Waals surface area contributed by atoms with Gasteiger partial charge in [-0.15, -0.1) is 11.3 Å². The molecular weight excluding hydrogens is 322 g/mol. The van der Waals surface area contributed by atoms with E-state index in [4.69, 9.17) is 0 Å². The number of thiazole rings is 1. The molecule has 2 aromatic rings. The van der Waals surface area contributed by atoms with Crippen molar-refractivity contribution >= 4 is 17.2 Å². The molecule has 0 aliphatic heterocycles. The van der Waals surface area contributed by atoms with E-state index in [2.05, 4.69) is 10.3 Å². The van der Waals surface area contributed by atoms with Crippen molar-refractivity contribution in [3.63, 3.8) is 0 Å². The lowest BCUT2D eigenvalue weighted by Gasteiger charge is -2.13. The second-order valence-corrected chi connectivity index (χ2v) is 6.42. The van der Waals surface area contributed by atoms with Crippen LogP contribution in [0.1, 0.15) is 30.8 Å². The fraction of sp³-hybridized carbons (Fsp3) is 0.375. The van der Waals surface area contributed by atoms with Gasteiger partial charge in [0, 0.05) is 17.5 Å². The van der Waals surface area contributed by atoms with Crippen molar-refractivity contribution in [3.05, 3.63) is 40.9 Å². The van der Waals surface area contributed by atoms with Crippen LogP contribution in [0, 0.1) is 17.6 Å². The van der Waals surface area contributed by atoms with E-state index in [1.807, 2.05) is 6.92 Å². The van der Waals surface area contributed by atoms with Crippen LogP contribution in [0.5, 0.6) is 0 Å². The van der Waals surface area contributed by atoms with Crippen molar-refractivity contribution in [2.24, 2.45) is 5.92 Å². The van der Waals surface area contributed by atoms with E-state index in [9.17, 15) is 18.7 Å². The molecule has 0 fully saturated rings. The van der Waals surface area contributed by atoms with Gasteiger partial charge < -0.3 is 10.4 Å². The number of aliphatic hydroxyl groups excluding tert-OH is 1. The second kappa shape index (κ2) is 7.61. The molecular formula is C16H18F2N2O2S. The summed E-state index contributed by atoms with van der Waals surface area (Å²) in [6.45, 7) is 4.06. The van der Waals surface area contributed by atoms with Crippen LogP contribution >= 0.6 is 11.3 Å². The highest BCUT2D eigenvalue weighted by molar-refractivity contribution is 7.13. The summed E-state index contributed by atoms with van der Waals surface area (Å²) >= 11 is 1.19. The van der Waals surface area contributed by atoms with Gasteiger partial charge in [-0.1, -0.05) is 6.92 Å². The van der Waals surface area contributed by atoms with Crippen LogP contribution < -0.4 is 5.32 Å². The van der Waals surface area contributed by atoms with E-state index in [1.54, 1.807) is 12.3 Å². The summed E-state index contributed by atoms with van der Waals surface area (Å²) in [5.74, 6) is -2.05. The third-order valence-corrected chi connectivity index (χ3v) is 4.15. The summed E-state index contributed by atoms with van der Waals surface area (Å²) < 4.78 is 26.2. The molecule has 0 bridgehead atoms. The van der Waals surface area contributed by atoms with Crippen LogP contribution in [-0.4, -0.2) is 28.6 Å². The standard InChI is InChI=1S/C16H18F2N2O2S/c1-9(5-10(2)21)7-19-15(22)14-8-23-16(20-14)11-3-4-12(17)13(18)6-11/h3-4,6,8-10,21H,5,7H2,1-2H3,(H,19,22). The molecule has 0 saturated heterocycles. The molecule has 1 aromatic carbocycles. The van der Waals surface area contributed by atoms with Gasteiger partial charge in [0.2, 0.25) is 0 Å². The molecule has 23 heavy (non-hydrogen) atoms. The van der Waals surface area contributed by atoms with Crippen molar-refractivity contribution in [1.29, 1.82) is 0 Å². The van der Waals surface area contributed by atoms with Crippen LogP contribution in [0.25, 0.3) is 10.6 Å². The maximum absolute atomic E-state index is 13.2. The molecule has 0 radical (unpaired) electrons. The van der Waals surface area contributed by atoms with E-state index in [1.165, 1.54) is 17.4 Å². The van der Waals surface area contributed by atoms with Crippen molar-refractivity contribution in [1.82, 2.24) is 10.3 Å². The van der Waals surface area contributed by atoms with Gasteiger partial charge in [-0.25, -0.2) is 13.8 Å². The quantitative estimate of drug-likeness (QED) is 0.849. The van der Waals surface area contributed by atoms with Gasteiger partial charge >= 0.3 is 0 Å². The molecule has 0 saturated carbocycles. The van der Waals surface area contributed by atoms with Crippen molar-refractivity contribution in [2.75, 3.05) is 6.54 Å². The first-order valence-electron chi connectivity index (χ1n) is 7.24. The fourth-order valence-electron chi connectivity index (χ4n) is 2.16. The van der Waals surface area contributed by atoms with Crippen LogP contribution in [0.2, 0.25) is 0 Å². The predicted molar refractivity (Wildman–Crippen MR) is 85.3 cm³/mol. The van der Waals surface area contributed by atoms with Crippen LogP contribution in [0.4, 0.5) is 8.78 Å². The third-order valence-electron chi connectivity index (χ3n) is 3.26. The molecule has 0 aliphatic rings. The molecule has 1 aromatic heterocycles. The molecule has 2 atom stereocenters. The molecule has 124 valence electrons. The average Bonchev–Trinajstić information content (AvgIpc) is 2.97. The van der Waals surface area contributed by atoms with Crippen molar-refractivity contribution in [3.8, 4) is 10.6 Å². The number of hydrogen-bond acceptors (Lipinski definition) is 4. The molecule has 2 unspecified atom stereocenters. The number of carbonyl (C=O) groups is 1. The number of nitrogens with zero attached hydrogens (tertiary/aromatic N) is 1. The molecule has 4 nitrogen and oxygen atoms in total. The van der Waals surface area contributed by atoms with Crippen LogP contribution in [0.15, 0.2) is 23.6 Å². The van der Waals surface area contributed by atoms with Gasteiger partial charge in [0.05, 0.1) is 6.10 Å². The number of carbonyl (C=O) groups excluding carboxylic acids is 1. The molecule has 0 spiro atoms. The van der Waals surface area contributed by atoms with Gasteiger partial charge in [0.1, 0.15) is 10.7 Å². The maximum atomic E-state index is 13.2. The topological polar surface area (TPSA) is 62.2 Å². The largest absolute Gasteiger partial charge is 0.393 e. The third kappa shape index (κ3) is 4.80. The SMILES string of the molecule is CC(O)CC(C)CNC(=O)c1csc(-c2ccc(F)c(F)c2)n1. The highest BCUT2D eigenvalue weighted by Crippen LogP contribution is 2.25. The Morgan fingerprint density at radius 3 is 2.74 bits per heavy atom. The minimum absolute atomic E-state index is 0.142. The second-order valence-electron chi connectivity index (χ2n) is 5.57. The maximum Gasteiger partial charge on any atom is 0.270 e. The monoisotopic (exact) mass is 340 g/mol. The Morgan fingerprint density at radius 1 is 1.35 bits per heavy atom. The van der Waals surface area contributed by atoms with Gasteiger partial charge in [-0.2, -0.15) is 0 Å². The van der Waals surface area contributed by atoms with Crippen molar-refractivity contribution in [2.45, 2.75) is 26.4 Å². The summed E-state index contributed by atoms with van der Waals surface area (Å²) in [6, 6.07) is 3.51. The summed E-state index contributed by atoms with van der Waals surface area (Å²) in [5, 5.41) is 14.1. The molecule has 2 N–H and O–H groups in total. The number of nitrogens with one attached hydrogen (secondary N) is 1. The summed E-state index contributed by atoms with van der Waals surface area (Å²) in [7, 11) is 0. The number of aromatic nitrogens is 1. The van der Waals surface area contributed by atoms with Gasteiger partial charge in [-0.3, -0.25) is 4.79 Å². The zero-order valence-electron chi connectivity index (χ0n) is 12.8. The number of hydrogen-bond donors (Lipinski definition) is 2. The first-order valence-corrected chi connectivity index (χ1v) is 8.12. The highest BCUT2D eigenvalue weighted by atomic mass is 32.1. The van der Waals surface area contributed by atoms with E-state index in [0.717, 1.165) is 12.1 Å². The van der Waals surface area contributed by atoms with Gasteiger partial charge in [0.25, 0.3) is 5.91 Å². The Morgan fingerprint density at radius 2 is 2.09 bits per heavy atom. The van der Waals surface area contributed by atoms with E-state index >= 15 is 0 Å². The van der Waals surface area contributed by atoms with Crippen molar-refractivity contribution < 1.29 is 18.7 Å². The van der Waals surface area contributed by atoms with Crippen LogP contribution in [-0.2, 0) is 0 Å². The fourth-order valence-corrected chi connectivity index (χ4v) is 2.96. The Hall–Kier alpha value is -1.86. The first kappa shape index (κ1) is 17.5. The number of aliphatic hydroxyl groups is 1. The summed E-state index contributed by atoms with van der Waals surface area (Å²) in [4.78, 5) is 16.2. The van der Waals surface area contributed by atoms with E-state index in [-0.39, 0.29) is 17.5 Å². The number of rotatable bonds is 6. The van der Waals surface area contributed by atoms with Crippen LogP contribution in [0.3, 0.4) is 0 Å².